The summed E-state index contributed by atoms with van der Waals surface area (Å²) in [7, 11) is 0. The average Bonchev–Trinajstić information content (AvgIpc) is 2.29. The molecule has 0 saturated carbocycles. The van der Waals surface area contributed by atoms with Gasteiger partial charge in [-0.05, 0) is 20.8 Å². The predicted molar refractivity (Wildman–Crippen MR) is 55.7 cm³/mol. The van der Waals surface area contributed by atoms with Crippen molar-refractivity contribution in [2.75, 3.05) is 0 Å². The summed E-state index contributed by atoms with van der Waals surface area (Å²) in [6, 6.07) is 0. The molecule has 4 nitrogen and oxygen atoms in total. The van der Waals surface area contributed by atoms with E-state index in [0.717, 1.165) is 5.70 Å². The van der Waals surface area contributed by atoms with Crippen molar-refractivity contribution in [3.63, 3.8) is 0 Å². The first-order valence-electron chi connectivity index (χ1n) is 4.34. The van der Waals surface area contributed by atoms with Crippen LogP contribution in [0, 0.1) is 5.41 Å². The van der Waals surface area contributed by atoms with E-state index in [0.29, 0.717) is 0 Å². The van der Waals surface area contributed by atoms with E-state index < -0.39 is 16.4 Å². The van der Waals surface area contributed by atoms with Gasteiger partial charge in [0, 0.05) is 12.1 Å². The third kappa shape index (κ3) is 2.35. The monoisotopic (exact) mass is 217 g/mol. The molecule has 0 aromatic carbocycles. The lowest BCUT2D eigenvalue weighted by atomic mass is 9.88. The van der Waals surface area contributed by atoms with Gasteiger partial charge in [-0.15, -0.1) is 12.6 Å². The van der Waals surface area contributed by atoms with Gasteiger partial charge in [0.2, 0.25) is 5.06 Å². The number of carboxylic acid groups (broad SMARTS) is 1. The van der Waals surface area contributed by atoms with Crippen LogP contribution in [0.1, 0.15) is 27.2 Å². The van der Waals surface area contributed by atoms with Gasteiger partial charge in [-0.2, -0.15) is 0 Å². The number of nitrogens with one attached hydrogen (secondary N) is 1. The highest BCUT2D eigenvalue weighted by molar-refractivity contribution is 7.81. The molecule has 1 unspecified atom stereocenters. The topological polar surface area (TPSA) is 58.6 Å². The zero-order valence-corrected chi connectivity index (χ0v) is 9.39. The lowest BCUT2D eigenvalue weighted by Gasteiger charge is -2.30. The summed E-state index contributed by atoms with van der Waals surface area (Å²) in [5.41, 5.74) is -0.0195. The maximum atomic E-state index is 10.9. The van der Waals surface area contributed by atoms with Crippen LogP contribution in [0.3, 0.4) is 0 Å². The van der Waals surface area contributed by atoms with Gasteiger partial charge in [-0.3, -0.25) is 4.79 Å². The minimum absolute atomic E-state index is 0.284. The second-order valence-corrected chi connectivity index (χ2v) is 4.92. The Morgan fingerprint density at radius 3 is 2.71 bits per heavy atom. The highest BCUT2D eigenvalue weighted by Crippen LogP contribution is 2.35. The molecule has 1 rings (SSSR count). The van der Waals surface area contributed by atoms with Crippen LogP contribution in [0.15, 0.2) is 12.0 Å². The number of aliphatic carboxylic acids is 1. The predicted octanol–water partition coefficient (Wildman–Crippen LogP) is 1.55. The van der Waals surface area contributed by atoms with E-state index in [4.69, 9.17) is 9.84 Å². The summed E-state index contributed by atoms with van der Waals surface area (Å²) in [6.45, 7) is 5.13. The van der Waals surface area contributed by atoms with E-state index in [9.17, 15) is 4.79 Å². The van der Waals surface area contributed by atoms with Gasteiger partial charge in [0.1, 0.15) is 6.26 Å². The lowest BCUT2D eigenvalue weighted by Crippen LogP contribution is -2.42. The van der Waals surface area contributed by atoms with Crippen LogP contribution in [0.5, 0.6) is 0 Å². The molecule has 0 aliphatic carbocycles. The first-order chi connectivity index (χ1) is 6.25. The zero-order chi connectivity index (χ0) is 11.0. The van der Waals surface area contributed by atoms with Gasteiger partial charge in [-0.1, -0.05) is 0 Å². The molecule has 1 heterocycles. The van der Waals surface area contributed by atoms with Crippen LogP contribution in [0.2, 0.25) is 0 Å². The molecule has 80 valence electrons. The Morgan fingerprint density at radius 1 is 1.79 bits per heavy atom. The molecule has 5 heteroatoms. The second kappa shape index (κ2) is 3.38. The quantitative estimate of drug-likeness (QED) is 0.628. The zero-order valence-electron chi connectivity index (χ0n) is 8.50. The molecule has 0 spiro atoms. The molecule has 0 radical (unpaired) electrons. The van der Waals surface area contributed by atoms with Crippen LogP contribution >= 0.6 is 12.6 Å². The minimum atomic E-state index is -0.897. The Hall–Kier alpha value is -0.840. The molecule has 0 amide bonds. The summed E-state index contributed by atoms with van der Waals surface area (Å²) in [4.78, 5) is 10.9. The summed E-state index contributed by atoms with van der Waals surface area (Å²) in [5, 5.41) is 11.0. The van der Waals surface area contributed by atoms with E-state index in [1.54, 1.807) is 20.1 Å². The first kappa shape index (κ1) is 11.2. The molecule has 0 aromatic heterocycles. The third-order valence-corrected chi connectivity index (χ3v) is 2.46. The van der Waals surface area contributed by atoms with Crippen LogP contribution in [0.25, 0.3) is 0 Å². The van der Waals surface area contributed by atoms with E-state index in [1.807, 2.05) is 6.92 Å². The Bertz CT molecular complexity index is 288. The van der Waals surface area contributed by atoms with Gasteiger partial charge >= 0.3 is 5.97 Å². The number of thiol groups is 1. The van der Waals surface area contributed by atoms with E-state index in [2.05, 4.69) is 17.9 Å². The van der Waals surface area contributed by atoms with Crippen molar-refractivity contribution in [3.8, 4) is 0 Å². The van der Waals surface area contributed by atoms with Crippen LogP contribution < -0.4 is 5.32 Å². The number of carboxylic acids is 1. The van der Waals surface area contributed by atoms with E-state index in [-0.39, 0.29) is 6.42 Å². The first-order valence-corrected chi connectivity index (χ1v) is 4.78. The number of carbonyl (C=O) groups is 1. The van der Waals surface area contributed by atoms with Crippen molar-refractivity contribution >= 4 is 18.6 Å². The maximum Gasteiger partial charge on any atom is 0.309 e. The fourth-order valence-electron chi connectivity index (χ4n) is 1.31. The van der Waals surface area contributed by atoms with Gasteiger partial charge in [0.25, 0.3) is 0 Å². The lowest BCUT2D eigenvalue weighted by molar-refractivity contribution is -0.149. The molecule has 0 fully saturated rings. The highest BCUT2D eigenvalue weighted by atomic mass is 32.1. The van der Waals surface area contributed by atoms with Crippen molar-refractivity contribution in [2.24, 2.45) is 5.41 Å². The summed E-state index contributed by atoms with van der Waals surface area (Å²) in [6.07, 6.45) is 1.83. The van der Waals surface area contributed by atoms with E-state index >= 15 is 0 Å². The molecular weight excluding hydrogens is 202 g/mol. The van der Waals surface area contributed by atoms with Gasteiger partial charge in [0.15, 0.2) is 0 Å². The van der Waals surface area contributed by atoms with Crippen molar-refractivity contribution in [1.29, 1.82) is 0 Å². The SMILES string of the molecule is CC1=COC(S)(CC(C)(C)C(=O)O)N1. The molecule has 1 aliphatic heterocycles. The molecule has 1 atom stereocenters. The van der Waals surface area contributed by atoms with Crippen LogP contribution in [0.4, 0.5) is 0 Å². The normalized spacial score (nSPS) is 26.4. The average molecular weight is 217 g/mol. The summed E-state index contributed by atoms with van der Waals surface area (Å²) in [5.74, 6) is -0.860. The van der Waals surface area contributed by atoms with Crippen molar-refractivity contribution in [2.45, 2.75) is 32.2 Å². The molecular formula is C9H15NO3S. The fourth-order valence-corrected chi connectivity index (χ4v) is 1.94. The number of ether oxygens (including phenoxy) is 1. The van der Waals surface area contributed by atoms with Crippen molar-refractivity contribution < 1.29 is 14.6 Å². The number of allylic oxidation sites excluding steroid dienone is 1. The number of hydrogen-bond donors (Lipinski definition) is 3. The van der Waals surface area contributed by atoms with Gasteiger partial charge in [0.05, 0.1) is 5.41 Å². The Kier molecular flexibility index (Phi) is 2.71. The van der Waals surface area contributed by atoms with Gasteiger partial charge in [-0.25, -0.2) is 0 Å². The third-order valence-electron chi connectivity index (χ3n) is 2.08. The standard InChI is InChI=1S/C9H15NO3S/c1-6-4-13-9(14,10-6)5-8(2,3)7(11)12/h4,10,14H,5H2,1-3H3,(H,11,12). The Labute approximate surface area is 88.7 Å². The minimum Gasteiger partial charge on any atom is -0.481 e. The number of hydrogen-bond acceptors (Lipinski definition) is 4. The van der Waals surface area contributed by atoms with Gasteiger partial charge < -0.3 is 15.2 Å². The Morgan fingerprint density at radius 2 is 2.36 bits per heavy atom. The summed E-state index contributed by atoms with van der Waals surface area (Å²) < 4.78 is 5.27. The molecule has 2 N–H and O–H groups in total. The largest absolute Gasteiger partial charge is 0.481 e. The highest BCUT2D eigenvalue weighted by Gasteiger charge is 2.41. The van der Waals surface area contributed by atoms with Crippen LogP contribution in [-0.4, -0.2) is 16.1 Å². The molecule has 0 aromatic rings. The van der Waals surface area contributed by atoms with Crippen molar-refractivity contribution in [3.05, 3.63) is 12.0 Å². The fraction of sp³-hybridized carbons (Fsp3) is 0.667. The second-order valence-electron chi connectivity index (χ2n) is 4.19. The maximum absolute atomic E-state index is 10.9. The Balaban J connectivity index is 2.66. The van der Waals surface area contributed by atoms with E-state index in [1.165, 1.54) is 0 Å². The molecule has 1 aliphatic rings. The smallest absolute Gasteiger partial charge is 0.309 e. The van der Waals surface area contributed by atoms with Crippen LogP contribution in [-0.2, 0) is 9.53 Å². The number of rotatable bonds is 3. The molecule has 14 heavy (non-hydrogen) atoms. The van der Waals surface area contributed by atoms with Crippen molar-refractivity contribution in [1.82, 2.24) is 5.32 Å². The molecule has 0 saturated heterocycles. The summed E-state index contributed by atoms with van der Waals surface area (Å²) >= 11 is 4.28. The molecule has 0 bridgehead atoms.